The van der Waals surface area contributed by atoms with E-state index in [0.29, 0.717) is 10.0 Å². The Balaban J connectivity index is 2.48. The van der Waals surface area contributed by atoms with Crippen molar-refractivity contribution in [1.29, 1.82) is 0 Å². The third-order valence-electron chi connectivity index (χ3n) is 2.95. The van der Waals surface area contributed by atoms with Crippen LogP contribution in [0, 0.1) is 19.7 Å². The monoisotopic (exact) mass is 326 g/mol. The third kappa shape index (κ3) is 2.60. The standard InChI is InChI=1S/C15H13BrClF/c1-9-6-7-11(10(2)8-9)14(17)12-4-3-5-13(16)15(12)18/h3-8,14H,1-2H3. The highest BCUT2D eigenvalue weighted by Gasteiger charge is 2.18. The van der Waals surface area contributed by atoms with Gasteiger partial charge in [-0.25, -0.2) is 4.39 Å². The van der Waals surface area contributed by atoms with Crippen molar-refractivity contribution in [2.75, 3.05) is 0 Å². The summed E-state index contributed by atoms with van der Waals surface area (Å²) in [5.74, 6) is -0.294. The van der Waals surface area contributed by atoms with Gasteiger partial charge in [-0.3, -0.25) is 0 Å². The van der Waals surface area contributed by atoms with E-state index >= 15 is 0 Å². The van der Waals surface area contributed by atoms with Gasteiger partial charge in [-0.2, -0.15) is 0 Å². The van der Waals surface area contributed by atoms with Crippen LogP contribution in [-0.2, 0) is 0 Å². The number of alkyl halides is 1. The Morgan fingerprint density at radius 2 is 1.83 bits per heavy atom. The van der Waals surface area contributed by atoms with Crippen LogP contribution in [-0.4, -0.2) is 0 Å². The molecule has 94 valence electrons. The molecule has 0 bridgehead atoms. The molecule has 0 fully saturated rings. The minimum atomic E-state index is -0.469. The maximum Gasteiger partial charge on any atom is 0.142 e. The van der Waals surface area contributed by atoms with Gasteiger partial charge in [-0.05, 0) is 47.0 Å². The lowest BCUT2D eigenvalue weighted by Gasteiger charge is -2.15. The van der Waals surface area contributed by atoms with E-state index < -0.39 is 5.38 Å². The molecule has 0 saturated carbocycles. The first kappa shape index (κ1) is 13.6. The Kier molecular flexibility index (Phi) is 4.08. The van der Waals surface area contributed by atoms with Gasteiger partial charge in [0.1, 0.15) is 5.82 Å². The summed E-state index contributed by atoms with van der Waals surface area (Å²) in [6.07, 6.45) is 0. The molecule has 0 saturated heterocycles. The van der Waals surface area contributed by atoms with Gasteiger partial charge in [0.15, 0.2) is 0 Å². The summed E-state index contributed by atoms with van der Waals surface area (Å²) in [4.78, 5) is 0. The minimum absolute atomic E-state index is 0.294. The highest BCUT2D eigenvalue weighted by atomic mass is 79.9. The Morgan fingerprint density at radius 1 is 1.11 bits per heavy atom. The van der Waals surface area contributed by atoms with Gasteiger partial charge in [0.25, 0.3) is 0 Å². The topological polar surface area (TPSA) is 0 Å². The molecule has 0 aliphatic heterocycles. The molecule has 3 heteroatoms. The van der Waals surface area contributed by atoms with Crippen LogP contribution in [0.15, 0.2) is 40.9 Å². The lowest BCUT2D eigenvalue weighted by molar-refractivity contribution is 0.605. The molecule has 18 heavy (non-hydrogen) atoms. The molecular formula is C15H13BrClF. The zero-order valence-corrected chi connectivity index (χ0v) is 12.5. The number of halogens is 3. The summed E-state index contributed by atoms with van der Waals surface area (Å²) >= 11 is 9.59. The van der Waals surface area contributed by atoms with Crippen molar-refractivity contribution in [2.45, 2.75) is 19.2 Å². The molecule has 2 aromatic rings. The SMILES string of the molecule is Cc1ccc(C(Cl)c2cccc(Br)c2F)c(C)c1. The summed E-state index contributed by atoms with van der Waals surface area (Å²) < 4.78 is 14.5. The molecule has 0 heterocycles. The number of aryl methyl sites for hydroxylation is 2. The molecule has 2 rings (SSSR count). The summed E-state index contributed by atoms with van der Waals surface area (Å²) in [6.45, 7) is 4.02. The second-order valence-electron chi connectivity index (χ2n) is 4.37. The normalized spacial score (nSPS) is 12.5. The molecule has 0 aliphatic carbocycles. The van der Waals surface area contributed by atoms with Gasteiger partial charge >= 0.3 is 0 Å². The average molecular weight is 328 g/mol. The van der Waals surface area contributed by atoms with E-state index in [1.807, 2.05) is 26.0 Å². The number of benzene rings is 2. The van der Waals surface area contributed by atoms with Crippen molar-refractivity contribution in [1.82, 2.24) is 0 Å². The molecular weight excluding hydrogens is 315 g/mol. The number of hydrogen-bond acceptors (Lipinski definition) is 0. The Bertz CT molecular complexity index is 581. The molecule has 0 N–H and O–H groups in total. The Labute approximate surface area is 120 Å². The van der Waals surface area contributed by atoms with Crippen molar-refractivity contribution in [3.8, 4) is 0 Å². The van der Waals surface area contributed by atoms with E-state index in [0.717, 1.165) is 11.1 Å². The molecule has 0 radical (unpaired) electrons. The molecule has 1 atom stereocenters. The zero-order valence-electron chi connectivity index (χ0n) is 10.2. The molecule has 0 spiro atoms. The van der Waals surface area contributed by atoms with Crippen molar-refractivity contribution in [2.24, 2.45) is 0 Å². The molecule has 0 nitrogen and oxygen atoms in total. The van der Waals surface area contributed by atoms with Crippen LogP contribution in [0.2, 0.25) is 0 Å². The van der Waals surface area contributed by atoms with Crippen LogP contribution in [0.25, 0.3) is 0 Å². The highest BCUT2D eigenvalue weighted by molar-refractivity contribution is 9.10. The second-order valence-corrected chi connectivity index (χ2v) is 5.66. The largest absolute Gasteiger partial charge is 0.205 e. The maximum absolute atomic E-state index is 14.0. The first-order chi connectivity index (χ1) is 8.50. The van der Waals surface area contributed by atoms with Crippen molar-refractivity contribution < 1.29 is 4.39 Å². The van der Waals surface area contributed by atoms with E-state index in [1.165, 1.54) is 5.56 Å². The lowest BCUT2D eigenvalue weighted by atomic mass is 9.98. The fraction of sp³-hybridized carbons (Fsp3) is 0.200. The molecule has 2 aromatic carbocycles. The lowest BCUT2D eigenvalue weighted by Crippen LogP contribution is -2.00. The quantitative estimate of drug-likeness (QED) is 0.636. The summed E-state index contributed by atoms with van der Waals surface area (Å²) in [5.41, 5.74) is 3.70. The Hall–Kier alpha value is -0.860. The highest BCUT2D eigenvalue weighted by Crippen LogP contribution is 2.34. The smallest absolute Gasteiger partial charge is 0.142 e. The summed E-state index contributed by atoms with van der Waals surface area (Å²) in [7, 11) is 0. The van der Waals surface area contributed by atoms with Gasteiger partial charge in [-0.1, -0.05) is 35.9 Å². The van der Waals surface area contributed by atoms with Gasteiger partial charge in [0, 0.05) is 5.56 Å². The predicted octanol–water partition coefficient (Wildman–Crippen LogP) is 5.53. The van der Waals surface area contributed by atoms with Crippen LogP contribution in [0.1, 0.15) is 27.6 Å². The third-order valence-corrected chi connectivity index (χ3v) is 4.04. The van der Waals surface area contributed by atoms with Gasteiger partial charge in [0.05, 0.1) is 9.85 Å². The van der Waals surface area contributed by atoms with Crippen LogP contribution < -0.4 is 0 Å². The van der Waals surface area contributed by atoms with Gasteiger partial charge < -0.3 is 0 Å². The van der Waals surface area contributed by atoms with Crippen molar-refractivity contribution in [3.63, 3.8) is 0 Å². The van der Waals surface area contributed by atoms with Crippen LogP contribution in [0.4, 0.5) is 4.39 Å². The first-order valence-electron chi connectivity index (χ1n) is 5.66. The van der Waals surface area contributed by atoms with Crippen molar-refractivity contribution >= 4 is 27.5 Å². The predicted molar refractivity (Wildman–Crippen MR) is 77.7 cm³/mol. The molecule has 0 aliphatic rings. The summed E-state index contributed by atoms with van der Waals surface area (Å²) in [5, 5.41) is -0.469. The first-order valence-corrected chi connectivity index (χ1v) is 6.89. The van der Waals surface area contributed by atoms with E-state index in [1.54, 1.807) is 18.2 Å². The van der Waals surface area contributed by atoms with E-state index in [4.69, 9.17) is 11.6 Å². The average Bonchev–Trinajstić information content (AvgIpc) is 2.32. The molecule has 0 amide bonds. The number of rotatable bonds is 2. The molecule has 0 aromatic heterocycles. The Morgan fingerprint density at radius 3 is 2.50 bits per heavy atom. The van der Waals surface area contributed by atoms with E-state index in [2.05, 4.69) is 22.0 Å². The summed E-state index contributed by atoms with van der Waals surface area (Å²) in [6, 6.07) is 11.2. The minimum Gasteiger partial charge on any atom is -0.205 e. The van der Waals surface area contributed by atoms with Gasteiger partial charge in [0.2, 0.25) is 0 Å². The van der Waals surface area contributed by atoms with Crippen LogP contribution in [0.5, 0.6) is 0 Å². The van der Waals surface area contributed by atoms with Crippen LogP contribution in [0.3, 0.4) is 0 Å². The fourth-order valence-corrected chi connectivity index (χ4v) is 2.79. The zero-order chi connectivity index (χ0) is 13.3. The van der Waals surface area contributed by atoms with Crippen LogP contribution >= 0.6 is 27.5 Å². The molecule has 1 unspecified atom stereocenters. The van der Waals surface area contributed by atoms with Gasteiger partial charge in [-0.15, -0.1) is 11.6 Å². The fourth-order valence-electron chi connectivity index (χ4n) is 1.99. The van der Waals surface area contributed by atoms with E-state index in [9.17, 15) is 4.39 Å². The van der Waals surface area contributed by atoms with E-state index in [-0.39, 0.29) is 5.82 Å². The van der Waals surface area contributed by atoms with Crippen molar-refractivity contribution in [3.05, 3.63) is 68.9 Å². The maximum atomic E-state index is 14.0. The second kappa shape index (κ2) is 5.41. The number of hydrogen-bond donors (Lipinski definition) is 0.